The van der Waals surface area contributed by atoms with E-state index in [0.29, 0.717) is 21.6 Å². The Balaban J connectivity index is 2.55. The van der Waals surface area contributed by atoms with Gasteiger partial charge in [-0.2, -0.15) is 0 Å². The molecule has 0 aliphatic carbocycles. The lowest BCUT2D eigenvalue weighted by molar-refractivity contribution is -0.111. The zero-order valence-electron chi connectivity index (χ0n) is 13.7. The third kappa shape index (κ3) is 3.08. The third-order valence-corrected chi connectivity index (χ3v) is 4.13. The number of fused-ring (bicyclic) bond motifs is 1. The van der Waals surface area contributed by atoms with Gasteiger partial charge in [0.1, 0.15) is 11.3 Å². The van der Waals surface area contributed by atoms with Crippen molar-refractivity contribution in [3.63, 3.8) is 0 Å². The number of allylic oxidation sites excluding steroid dienone is 2. The average Bonchev–Trinajstić information content (AvgIpc) is 2.55. The molecule has 0 aliphatic heterocycles. The van der Waals surface area contributed by atoms with Crippen molar-refractivity contribution in [2.75, 3.05) is 0 Å². The molecule has 0 fully saturated rings. The summed E-state index contributed by atoms with van der Waals surface area (Å²) in [6.07, 6.45) is 0. The summed E-state index contributed by atoms with van der Waals surface area (Å²) in [5.41, 5.74) is 0.878. The minimum Gasteiger partial charge on any atom is -0.512 e. The van der Waals surface area contributed by atoms with Crippen LogP contribution in [-0.4, -0.2) is 10.9 Å². The molecule has 0 spiro atoms. The predicted molar refractivity (Wildman–Crippen MR) is 98.8 cm³/mol. The Hall–Kier alpha value is -2.85. The van der Waals surface area contributed by atoms with Gasteiger partial charge < -0.3 is 9.52 Å². The fraction of sp³-hybridized carbons (Fsp3) is 0.100. The van der Waals surface area contributed by atoms with Crippen LogP contribution in [0.1, 0.15) is 19.4 Å². The van der Waals surface area contributed by atoms with E-state index >= 15 is 0 Å². The van der Waals surface area contributed by atoms with Crippen molar-refractivity contribution in [2.45, 2.75) is 13.8 Å². The van der Waals surface area contributed by atoms with Crippen LogP contribution in [0.2, 0.25) is 5.02 Å². The maximum Gasteiger partial charge on any atom is 0.345 e. The molecule has 0 saturated heterocycles. The summed E-state index contributed by atoms with van der Waals surface area (Å²) in [6.45, 7) is 2.67. The molecular formula is C20H15ClO4. The number of hydrogen-bond donors (Lipinski definition) is 1. The SMILES string of the molecule is CC(=O)/C(=C(/C)O)c1c(-c2ccccc2)c2ccc(Cl)cc2oc1=O. The molecule has 0 bridgehead atoms. The maximum atomic E-state index is 12.7. The highest BCUT2D eigenvalue weighted by Crippen LogP contribution is 2.35. The first-order valence-corrected chi connectivity index (χ1v) is 8.01. The van der Waals surface area contributed by atoms with Gasteiger partial charge in [0.05, 0.1) is 11.1 Å². The number of rotatable bonds is 3. The van der Waals surface area contributed by atoms with Crippen LogP contribution in [0.5, 0.6) is 0 Å². The summed E-state index contributed by atoms with van der Waals surface area (Å²) in [5, 5.41) is 11.1. The molecular weight excluding hydrogens is 340 g/mol. The highest BCUT2D eigenvalue weighted by atomic mass is 35.5. The van der Waals surface area contributed by atoms with Crippen LogP contribution < -0.4 is 5.63 Å². The van der Waals surface area contributed by atoms with Gasteiger partial charge in [-0.1, -0.05) is 41.9 Å². The smallest absolute Gasteiger partial charge is 0.345 e. The second-order valence-corrected chi connectivity index (χ2v) is 6.10. The molecule has 0 radical (unpaired) electrons. The van der Waals surface area contributed by atoms with Crippen molar-refractivity contribution in [1.82, 2.24) is 0 Å². The van der Waals surface area contributed by atoms with E-state index in [1.54, 1.807) is 18.2 Å². The lowest BCUT2D eigenvalue weighted by Gasteiger charge is -2.14. The lowest BCUT2D eigenvalue weighted by Crippen LogP contribution is -2.14. The Morgan fingerprint density at radius 3 is 2.36 bits per heavy atom. The second kappa shape index (κ2) is 6.57. The van der Waals surface area contributed by atoms with Gasteiger partial charge in [-0.05, 0) is 31.5 Å². The molecule has 4 nitrogen and oxygen atoms in total. The molecule has 2 aromatic carbocycles. The average molecular weight is 355 g/mol. The van der Waals surface area contributed by atoms with Crippen molar-refractivity contribution in [3.8, 4) is 11.1 Å². The quantitative estimate of drug-likeness (QED) is 0.408. The number of Topliss-reactive ketones (excluding diaryl/α,β-unsaturated/α-hetero) is 1. The highest BCUT2D eigenvalue weighted by Gasteiger charge is 2.24. The van der Waals surface area contributed by atoms with Gasteiger partial charge in [-0.3, -0.25) is 4.79 Å². The van der Waals surface area contributed by atoms with Crippen molar-refractivity contribution < 1.29 is 14.3 Å². The van der Waals surface area contributed by atoms with Gasteiger partial charge in [0.15, 0.2) is 5.78 Å². The lowest BCUT2D eigenvalue weighted by atomic mass is 9.91. The topological polar surface area (TPSA) is 67.5 Å². The number of hydrogen-bond acceptors (Lipinski definition) is 4. The summed E-state index contributed by atoms with van der Waals surface area (Å²) >= 11 is 6.01. The molecule has 0 atom stereocenters. The van der Waals surface area contributed by atoms with Crippen molar-refractivity contribution in [2.24, 2.45) is 0 Å². The van der Waals surface area contributed by atoms with E-state index in [-0.39, 0.29) is 16.9 Å². The predicted octanol–water partition coefficient (Wildman–Crippen LogP) is 4.99. The van der Waals surface area contributed by atoms with Gasteiger partial charge in [-0.25, -0.2) is 4.79 Å². The van der Waals surface area contributed by atoms with E-state index in [2.05, 4.69) is 0 Å². The molecule has 0 aliphatic rings. The molecule has 25 heavy (non-hydrogen) atoms. The van der Waals surface area contributed by atoms with Crippen molar-refractivity contribution >= 4 is 33.9 Å². The third-order valence-electron chi connectivity index (χ3n) is 3.90. The van der Waals surface area contributed by atoms with Crippen LogP contribution in [0.15, 0.2) is 63.5 Å². The van der Waals surface area contributed by atoms with Crippen LogP contribution in [0.25, 0.3) is 27.7 Å². The zero-order chi connectivity index (χ0) is 18.1. The Labute approximate surface area is 149 Å². The minimum absolute atomic E-state index is 0.0496. The molecule has 3 aromatic rings. The Kier molecular flexibility index (Phi) is 4.47. The largest absolute Gasteiger partial charge is 0.512 e. The summed E-state index contributed by atoms with van der Waals surface area (Å²) in [5.74, 6) is -0.650. The summed E-state index contributed by atoms with van der Waals surface area (Å²) in [7, 11) is 0. The van der Waals surface area contributed by atoms with Crippen LogP contribution in [0, 0.1) is 0 Å². The molecule has 5 heteroatoms. The van der Waals surface area contributed by atoms with E-state index in [1.807, 2.05) is 30.3 Å². The molecule has 0 saturated carbocycles. The van der Waals surface area contributed by atoms with E-state index in [9.17, 15) is 14.7 Å². The first kappa shape index (κ1) is 17.0. The number of aliphatic hydroxyl groups excluding tert-OH is 1. The van der Waals surface area contributed by atoms with Gasteiger partial charge in [-0.15, -0.1) is 0 Å². The van der Waals surface area contributed by atoms with Crippen LogP contribution in [0.4, 0.5) is 0 Å². The molecule has 3 rings (SSSR count). The Morgan fingerprint density at radius 2 is 1.76 bits per heavy atom. The Morgan fingerprint density at radius 1 is 1.08 bits per heavy atom. The van der Waals surface area contributed by atoms with Crippen LogP contribution in [-0.2, 0) is 4.79 Å². The number of halogens is 1. The van der Waals surface area contributed by atoms with Crippen molar-refractivity contribution in [1.29, 1.82) is 0 Å². The zero-order valence-corrected chi connectivity index (χ0v) is 14.4. The number of ketones is 1. The fourth-order valence-electron chi connectivity index (χ4n) is 2.92. The van der Waals surface area contributed by atoms with E-state index in [0.717, 1.165) is 5.56 Å². The standard InChI is InChI=1S/C20H15ClO4/c1-11(22)17(12(2)23)19-18(13-6-4-3-5-7-13)15-9-8-14(21)10-16(15)25-20(19)24/h3-10,22H,1-2H3/b17-11+. The molecule has 0 unspecified atom stereocenters. The van der Waals surface area contributed by atoms with E-state index in [4.69, 9.17) is 16.0 Å². The summed E-state index contributed by atoms with van der Waals surface area (Å²) < 4.78 is 5.38. The van der Waals surface area contributed by atoms with Gasteiger partial charge in [0.2, 0.25) is 0 Å². The number of carbonyl (C=O) groups excluding carboxylic acids is 1. The van der Waals surface area contributed by atoms with E-state index in [1.165, 1.54) is 13.8 Å². The fourth-order valence-corrected chi connectivity index (χ4v) is 3.08. The first-order chi connectivity index (χ1) is 11.9. The minimum atomic E-state index is -0.702. The summed E-state index contributed by atoms with van der Waals surface area (Å²) in [6, 6.07) is 14.1. The second-order valence-electron chi connectivity index (χ2n) is 5.66. The molecule has 0 amide bonds. The molecule has 1 N–H and O–H groups in total. The normalized spacial score (nSPS) is 12.1. The maximum absolute atomic E-state index is 12.7. The number of benzene rings is 2. The number of carbonyl (C=O) groups is 1. The van der Waals surface area contributed by atoms with Gasteiger partial charge in [0.25, 0.3) is 0 Å². The Bertz CT molecular complexity index is 1060. The van der Waals surface area contributed by atoms with Crippen molar-refractivity contribution in [3.05, 3.63) is 75.3 Å². The number of aliphatic hydroxyl groups is 1. The molecule has 1 heterocycles. The van der Waals surface area contributed by atoms with Crippen LogP contribution >= 0.6 is 11.6 Å². The highest BCUT2D eigenvalue weighted by molar-refractivity contribution is 6.31. The summed E-state index contributed by atoms with van der Waals surface area (Å²) in [4.78, 5) is 24.8. The monoisotopic (exact) mass is 354 g/mol. The van der Waals surface area contributed by atoms with E-state index < -0.39 is 11.4 Å². The van der Waals surface area contributed by atoms with Crippen LogP contribution in [0.3, 0.4) is 0 Å². The molecule has 1 aromatic heterocycles. The first-order valence-electron chi connectivity index (χ1n) is 7.63. The van der Waals surface area contributed by atoms with Gasteiger partial charge >= 0.3 is 5.63 Å². The van der Waals surface area contributed by atoms with Gasteiger partial charge in [0, 0.05) is 22.0 Å². The molecule has 126 valence electrons.